The predicted molar refractivity (Wildman–Crippen MR) is 200 cm³/mol. The van der Waals surface area contributed by atoms with Crippen LogP contribution >= 0.6 is 0 Å². The molecule has 2 heterocycles. The lowest BCUT2D eigenvalue weighted by atomic mass is 9.68. The second-order valence-corrected chi connectivity index (χ2v) is 13.6. The number of fused-ring (bicyclic) bond motifs is 8. The van der Waals surface area contributed by atoms with Crippen molar-refractivity contribution in [3.63, 3.8) is 0 Å². The van der Waals surface area contributed by atoms with Gasteiger partial charge >= 0.3 is 0 Å². The Balaban J connectivity index is 1.19. The summed E-state index contributed by atoms with van der Waals surface area (Å²) in [4.78, 5) is 10.2. The lowest BCUT2D eigenvalue weighted by Crippen LogP contribution is -2.27. The van der Waals surface area contributed by atoms with E-state index in [0.29, 0.717) is 5.82 Å². The van der Waals surface area contributed by atoms with E-state index in [0.717, 1.165) is 55.6 Å². The van der Waals surface area contributed by atoms with E-state index in [-0.39, 0.29) is 5.41 Å². The normalized spacial score (nSPS) is 14.7. The average Bonchev–Trinajstić information content (AvgIpc) is 3.69. The topological polar surface area (TPSA) is 38.9 Å². The van der Waals surface area contributed by atoms with E-state index in [4.69, 9.17) is 14.4 Å². The maximum atomic E-state index is 7.04. The summed E-state index contributed by atoms with van der Waals surface area (Å²) in [6.07, 6.45) is 6.31. The molecule has 6 aromatic carbocycles. The third-order valence-corrected chi connectivity index (χ3v) is 10.9. The SMILES string of the molecule is c1ccc(-c2cc(-c3cccc4c3oc3c(-c5cccc6c5-c5ccccc5C65CCCCC5)cccc34)nc(-c3ccccc3)n2)cc1. The van der Waals surface area contributed by atoms with Crippen LogP contribution in [0.15, 0.2) is 150 Å². The standard InChI is InChI=1S/C46H34N2O/c1-4-15-30(16-5-1)40-29-41(48-45(47-40)31-17-6-2-7-18-31)37-24-13-23-35-34-22-12-21-33(43(34)49-44(35)37)32-20-14-26-39-42(32)36-19-8-9-25-38(36)46(39)27-10-3-11-28-46/h1-2,4-9,12-26,29H,3,10-11,27-28H2. The summed E-state index contributed by atoms with van der Waals surface area (Å²) in [5.74, 6) is 0.695. The molecule has 2 aromatic heterocycles. The van der Waals surface area contributed by atoms with Crippen LogP contribution in [0.1, 0.15) is 43.2 Å². The van der Waals surface area contributed by atoms with E-state index in [1.807, 2.05) is 24.3 Å². The van der Waals surface area contributed by atoms with E-state index in [1.165, 1.54) is 59.9 Å². The Hall–Kier alpha value is -5.80. The number of benzene rings is 6. The second kappa shape index (κ2) is 11.1. The number of rotatable bonds is 4. The number of hydrogen-bond donors (Lipinski definition) is 0. The zero-order chi connectivity index (χ0) is 32.4. The van der Waals surface area contributed by atoms with Gasteiger partial charge in [-0.3, -0.25) is 0 Å². The smallest absolute Gasteiger partial charge is 0.160 e. The van der Waals surface area contributed by atoms with Crippen molar-refractivity contribution >= 4 is 21.9 Å². The van der Waals surface area contributed by atoms with Crippen LogP contribution in [0.2, 0.25) is 0 Å². The van der Waals surface area contributed by atoms with Gasteiger partial charge in [-0.05, 0) is 52.8 Å². The molecule has 2 aliphatic carbocycles. The first-order valence-electron chi connectivity index (χ1n) is 17.5. The molecule has 0 N–H and O–H groups in total. The van der Waals surface area contributed by atoms with Crippen LogP contribution < -0.4 is 0 Å². The van der Waals surface area contributed by atoms with Crippen molar-refractivity contribution in [2.75, 3.05) is 0 Å². The molecule has 0 saturated heterocycles. The fourth-order valence-corrected chi connectivity index (χ4v) is 8.72. The molecule has 49 heavy (non-hydrogen) atoms. The van der Waals surface area contributed by atoms with Gasteiger partial charge in [0.15, 0.2) is 5.82 Å². The van der Waals surface area contributed by atoms with Crippen LogP contribution in [-0.2, 0) is 5.41 Å². The first-order chi connectivity index (χ1) is 24.3. The maximum Gasteiger partial charge on any atom is 0.160 e. The molecule has 3 heteroatoms. The molecule has 234 valence electrons. The van der Waals surface area contributed by atoms with Gasteiger partial charge in [-0.1, -0.05) is 153 Å². The van der Waals surface area contributed by atoms with Crippen molar-refractivity contribution in [1.29, 1.82) is 0 Å². The number of hydrogen-bond acceptors (Lipinski definition) is 3. The molecular weight excluding hydrogens is 597 g/mol. The molecular formula is C46H34N2O. The highest BCUT2D eigenvalue weighted by atomic mass is 16.3. The Morgan fingerprint density at radius 2 is 1.02 bits per heavy atom. The molecule has 1 spiro atoms. The highest BCUT2D eigenvalue weighted by molar-refractivity contribution is 6.14. The van der Waals surface area contributed by atoms with Gasteiger partial charge in [0.2, 0.25) is 0 Å². The van der Waals surface area contributed by atoms with Gasteiger partial charge in [0, 0.05) is 38.4 Å². The van der Waals surface area contributed by atoms with Gasteiger partial charge in [-0.25, -0.2) is 9.97 Å². The van der Waals surface area contributed by atoms with Gasteiger partial charge in [0.05, 0.1) is 11.4 Å². The van der Waals surface area contributed by atoms with E-state index < -0.39 is 0 Å². The minimum Gasteiger partial charge on any atom is -0.455 e. The minimum absolute atomic E-state index is 0.106. The summed E-state index contributed by atoms with van der Waals surface area (Å²) in [6.45, 7) is 0. The highest BCUT2D eigenvalue weighted by Gasteiger charge is 2.44. The molecule has 1 fully saturated rings. The maximum absolute atomic E-state index is 7.04. The third-order valence-electron chi connectivity index (χ3n) is 10.9. The van der Waals surface area contributed by atoms with Crippen LogP contribution in [0.4, 0.5) is 0 Å². The highest BCUT2D eigenvalue weighted by Crippen LogP contribution is 2.58. The Morgan fingerprint density at radius 1 is 0.449 bits per heavy atom. The van der Waals surface area contributed by atoms with Crippen LogP contribution in [-0.4, -0.2) is 9.97 Å². The van der Waals surface area contributed by atoms with E-state index in [2.05, 4.69) is 121 Å². The molecule has 8 aromatic rings. The summed E-state index contributed by atoms with van der Waals surface area (Å²) in [6, 6.07) is 51.8. The molecule has 3 nitrogen and oxygen atoms in total. The fourth-order valence-electron chi connectivity index (χ4n) is 8.72. The quantitative estimate of drug-likeness (QED) is 0.194. The first-order valence-corrected chi connectivity index (χ1v) is 17.5. The van der Waals surface area contributed by atoms with Crippen molar-refractivity contribution in [1.82, 2.24) is 9.97 Å². The van der Waals surface area contributed by atoms with Gasteiger partial charge < -0.3 is 4.42 Å². The summed E-state index contributed by atoms with van der Waals surface area (Å²) in [5, 5.41) is 2.21. The molecule has 2 aliphatic rings. The van der Waals surface area contributed by atoms with Gasteiger partial charge in [0.1, 0.15) is 11.2 Å². The summed E-state index contributed by atoms with van der Waals surface area (Å²) in [5.41, 5.74) is 14.7. The van der Waals surface area contributed by atoms with Gasteiger partial charge in [-0.15, -0.1) is 0 Å². The first kappa shape index (κ1) is 28.2. The summed E-state index contributed by atoms with van der Waals surface area (Å²) >= 11 is 0. The lowest BCUT2D eigenvalue weighted by Gasteiger charge is -2.36. The monoisotopic (exact) mass is 630 g/mol. The average molecular weight is 631 g/mol. The van der Waals surface area contributed by atoms with Crippen LogP contribution in [0, 0.1) is 0 Å². The fraction of sp³-hybridized carbons (Fsp3) is 0.130. The van der Waals surface area contributed by atoms with Gasteiger partial charge in [-0.2, -0.15) is 0 Å². The third kappa shape index (κ3) is 4.35. The molecule has 0 bridgehead atoms. The number of aromatic nitrogens is 2. The Kier molecular flexibility index (Phi) is 6.42. The molecule has 1 saturated carbocycles. The Bertz CT molecular complexity index is 2470. The summed E-state index contributed by atoms with van der Waals surface area (Å²) in [7, 11) is 0. The van der Waals surface area contributed by atoms with Gasteiger partial charge in [0.25, 0.3) is 0 Å². The molecule has 0 aliphatic heterocycles. The molecule has 0 atom stereocenters. The van der Waals surface area contributed by atoms with Crippen LogP contribution in [0.25, 0.3) is 78.1 Å². The number of para-hydroxylation sites is 2. The van der Waals surface area contributed by atoms with Crippen LogP contribution in [0.3, 0.4) is 0 Å². The number of nitrogens with zero attached hydrogens (tertiary/aromatic N) is 2. The van der Waals surface area contributed by atoms with Crippen molar-refractivity contribution in [2.45, 2.75) is 37.5 Å². The minimum atomic E-state index is 0.106. The molecule has 0 amide bonds. The van der Waals surface area contributed by atoms with E-state index in [9.17, 15) is 0 Å². The van der Waals surface area contributed by atoms with E-state index >= 15 is 0 Å². The second-order valence-electron chi connectivity index (χ2n) is 13.6. The number of furan rings is 1. The zero-order valence-electron chi connectivity index (χ0n) is 27.2. The Morgan fingerprint density at radius 3 is 1.80 bits per heavy atom. The van der Waals surface area contributed by atoms with E-state index in [1.54, 1.807) is 0 Å². The largest absolute Gasteiger partial charge is 0.455 e. The molecule has 0 radical (unpaired) electrons. The van der Waals surface area contributed by atoms with Crippen molar-refractivity contribution in [2.24, 2.45) is 0 Å². The predicted octanol–water partition coefficient (Wildman–Crippen LogP) is 12.3. The van der Waals surface area contributed by atoms with Crippen molar-refractivity contribution in [3.05, 3.63) is 157 Å². The molecule has 0 unspecified atom stereocenters. The lowest BCUT2D eigenvalue weighted by molar-refractivity contribution is 0.353. The molecule has 10 rings (SSSR count). The van der Waals surface area contributed by atoms with Crippen molar-refractivity contribution in [3.8, 4) is 56.2 Å². The summed E-state index contributed by atoms with van der Waals surface area (Å²) < 4.78 is 7.04. The van der Waals surface area contributed by atoms with Crippen molar-refractivity contribution < 1.29 is 4.42 Å². The Labute approximate surface area is 285 Å². The zero-order valence-corrected chi connectivity index (χ0v) is 27.2. The van der Waals surface area contributed by atoms with Crippen LogP contribution in [0.5, 0.6) is 0 Å².